The van der Waals surface area contributed by atoms with Crippen molar-refractivity contribution in [2.24, 2.45) is 0 Å². The van der Waals surface area contributed by atoms with Gasteiger partial charge in [-0.2, -0.15) is 0 Å². The number of aromatic amines is 1. The van der Waals surface area contributed by atoms with Crippen molar-refractivity contribution < 1.29 is 0 Å². The van der Waals surface area contributed by atoms with Crippen LogP contribution in [0.15, 0.2) is 22.5 Å². The van der Waals surface area contributed by atoms with Crippen LogP contribution in [-0.4, -0.2) is 19.5 Å². The zero-order valence-electron chi connectivity index (χ0n) is 11.1. The second-order valence-corrected chi connectivity index (χ2v) is 6.43. The number of aryl methyl sites for hydroxylation is 1. The number of H-pyrrole nitrogens is 1. The fourth-order valence-electron chi connectivity index (χ4n) is 2.75. The van der Waals surface area contributed by atoms with Crippen LogP contribution in [0, 0.1) is 0 Å². The zero-order valence-corrected chi connectivity index (χ0v) is 11.9. The third-order valence-electron chi connectivity index (χ3n) is 3.96. The Labute approximate surface area is 120 Å². The Morgan fingerprint density at radius 1 is 1.40 bits per heavy atom. The van der Waals surface area contributed by atoms with Gasteiger partial charge in [0, 0.05) is 29.2 Å². The van der Waals surface area contributed by atoms with Crippen LogP contribution in [0.1, 0.15) is 42.3 Å². The Kier molecular flexibility index (Phi) is 2.91. The maximum atomic E-state index is 12.0. The molecule has 4 rings (SSSR count). The van der Waals surface area contributed by atoms with Gasteiger partial charge in [-0.3, -0.25) is 4.79 Å². The highest BCUT2D eigenvalue weighted by Crippen LogP contribution is 2.36. The molecule has 0 bridgehead atoms. The van der Waals surface area contributed by atoms with E-state index in [0.717, 1.165) is 41.4 Å². The summed E-state index contributed by atoms with van der Waals surface area (Å²) in [5.41, 5.74) is 3.13. The van der Waals surface area contributed by atoms with Crippen molar-refractivity contribution >= 4 is 11.8 Å². The number of fused-ring (bicyclic) bond motifs is 1. The molecule has 0 unspecified atom stereocenters. The number of thioether (sulfide) groups is 1. The second-order valence-electron chi connectivity index (χ2n) is 5.46. The minimum absolute atomic E-state index is 0.0469. The Hall–Kier alpha value is -1.56. The van der Waals surface area contributed by atoms with Gasteiger partial charge < -0.3 is 9.55 Å². The summed E-state index contributed by atoms with van der Waals surface area (Å²) in [5.74, 6) is 0.804. The van der Waals surface area contributed by atoms with E-state index in [4.69, 9.17) is 0 Å². The molecule has 2 aromatic rings. The van der Waals surface area contributed by atoms with Gasteiger partial charge in [0.15, 0.2) is 5.16 Å². The summed E-state index contributed by atoms with van der Waals surface area (Å²) in [5, 5.41) is 0.735. The Bertz CT molecular complexity index is 701. The Balaban J connectivity index is 1.53. The number of hydrogen-bond acceptors (Lipinski definition) is 4. The molecular formula is C14H16N4OS. The SMILES string of the molecule is O=c1[nH]c(SCc2cncn2C2CC2)nc2c1CCC2. The fourth-order valence-corrected chi connectivity index (χ4v) is 3.60. The summed E-state index contributed by atoms with van der Waals surface area (Å²) in [7, 11) is 0. The van der Waals surface area contributed by atoms with Crippen molar-refractivity contribution in [3.05, 3.63) is 39.8 Å². The van der Waals surface area contributed by atoms with Crippen LogP contribution in [0.3, 0.4) is 0 Å². The molecule has 2 heterocycles. The van der Waals surface area contributed by atoms with E-state index in [1.54, 1.807) is 11.8 Å². The van der Waals surface area contributed by atoms with E-state index >= 15 is 0 Å². The molecule has 20 heavy (non-hydrogen) atoms. The van der Waals surface area contributed by atoms with Crippen molar-refractivity contribution in [1.29, 1.82) is 0 Å². The molecule has 2 aliphatic rings. The van der Waals surface area contributed by atoms with Crippen molar-refractivity contribution in [2.75, 3.05) is 0 Å². The lowest BCUT2D eigenvalue weighted by atomic mass is 10.3. The number of rotatable bonds is 4. The molecule has 0 saturated heterocycles. The largest absolute Gasteiger partial charge is 0.331 e. The number of hydrogen-bond donors (Lipinski definition) is 1. The van der Waals surface area contributed by atoms with Crippen LogP contribution in [0.4, 0.5) is 0 Å². The van der Waals surface area contributed by atoms with Gasteiger partial charge in [-0.25, -0.2) is 9.97 Å². The maximum Gasteiger partial charge on any atom is 0.254 e. The number of imidazole rings is 1. The first-order valence-corrected chi connectivity index (χ1v) is 8.05. The van der Waals surface area contributed by atoms with E-state index in [9.17, 15) is 4.79 Å². The van der Waals surface area contributed by atoms with Gasteiger partial charge in [0.1, 0.15) is 0 Å². The smallest absolute Gasteiger partial charge is 0.254 e. The molecule has 0 amide bonds. The quantitative estimate of drug-likeness (QED) is 0.691. The third kappa shape index (κ3) is 2.18. The topological polar surface area (TPSA) is 63.6 Å². The highest BCUT2D eigenvalue weighted by atomic mass is 32.2. The molecule has 104 valence electrons. The molecule has 0 aliphatic heterocycles. The zero-order chi connectivity index (χ0) is 13.5. The van der Waals surface area contributed by atoms with Crippen LogP contribution >= 0.6 is 11.8 Å². The first-order valence-electron chi connectivity index (χ1n) is 7.07. The van der Waals surface area contributed by atoms with E-state index in [0.29, 0.717) is 6.04 Å². The standard InChI is InChI=1S/C14H16N4OS/c19-13-11-2-1-3-12(11)16-14(17-13)20-7-10-6-15-8-18(10)9-4-5-9/h6,8-9H,1-5,7H2,(H,16,17,19). The van der Waals surface area contributed by atoms with E-state index < -0.39 is 0 Å². The average Bonchev–Trinajstić information content (AvgIpc) is 3.00. The molecule has 0 atom stereocenters. The molecule has 2 aliphatic carbocycles. The summed E-state index contributed by atoms with van der Waals surface area (Å²) < 4.78 is 2.25. The molecule has 1 fully saturated rings. The lowest BCUT2D eigenvalue weighted by Gasteiger charge is -2.06. The maximum absolute atomic E-state index is 12.0. The molecule has 0 aromatic carbocycles. The second kappa shape index (κ2) is 4.77. The molecule has 0 radical (unpaired) electrons. The predicted octanol–water partition coefficient (Wildman–Crippen LogP) is 2.08. The average molecular weight is 288 g/mol. The molecule has 0 spiro atoms. The van der Waals surface area contributed by atoms with Crippen molar-refractivity contribution in [2.45, 2.75) is 49.1 Å². The van der Waals surface area contributed by atoms with Crippen molar-refractivity contribution in [3.63, 3.8) is 0 Å². The number of nitrogens with zero attached hydrogens (tertiary/aromatic N) is 3. The summed E-state index contributed by atoms with van der Waals surface area (Å²) in [6.07, 6.45) is 9.19. The summed E-state index contributed by atoms with van der Waals surface area (Å²) in [6.45, 7) is 0. The minimum Gasteiger partial charge on any atom is -0.331 e. The van der Waals surface area contributed by atoms with Crippen LogP contribution in [0.2, 0.25) is 0 Å². The molecule has 5 nitrogen and oxygen atoms in total. The molecule has 2 aromatic heterocycles. The van der Waals surface area contributed by atoms with Crippen molar-refractivity contribution in [3.8, 4) is 0 Å². The summed E-state index contributed by atoms with van der Waals surface area (Å²) in [4.78, 5) is 23.7. The van der Waals surface area contributed by atoms with Gasteiger partial charge in [-0.15, -0.1) is 0 Å². The van der Waals surface area contributed by atoms with Gasteiger partial charge in [-0.05, 0) is 32.1 Å². The molecular weight excluding hydrogens is 272 g/mol. The fraction of sp³-hybridized carbons (Fsp3) is 0.500. The Morgan fingerprint density at radius 3 is 3.15 bits per heavy atom. The van der Waals surface area contributed by atoms with Crippen LogP contribution in [0.25, 0.3) is 0 Å². The van der Waals surface area contributed by atoms with Crippen molar-refractivity contribution in [1.82, 2.24) is 19.5 Å². The third-order valence-corrected chi connectivity index (χ3v) is 4.87. The van der Waals surface area contributed by atoms with Gasteiger partial charge in [0.25, 0.3) is 5.56 Å². The lowest BCUT2D eigenvalue weighted by Crippen LogP contribution is -2.15. The van der Waals surface area contributed by atoms with E-state index in [2.05, 4.69) is 19.5 Å². The highest BCUT2D eigenvalue weighted by molar-refractivity contribution is 7.98. The number of nitrogens with one attached hydrogen (secondary N) is 1. The van der Waals surface area contributed by atoms with Crippen LogP contribution < -0.4 is 5.56 Å². The highest BCUT2D eigenvalue weighted by Gasteiger charge is 2.25. The normalized spacial score (nSPS) is 17.4. The van der Waals surface area contributed by atoms with Crippen LogP contribution in [-0.2, 0) is 18.6 Å². The first kappa shape index (κ1) is 12.2. The van der Waals surface area contributed by atoms with Gasteiger partial charge >= 0.3 is 0 Å². The molecule has 1 saturated carbocycles. The van der Waals surface area contributed by atoms with Gasteiger partial charge in [-0.1, -0.05) is 11.8 Å². The minimum atomic E-state index is 0.0469. The molecule has 1 N–H and O–H groups in total. The lowest BCUT2D eigenvalue weighted by molar-refractivity contribution is 0.713. The summed E-state index contributed by atoms with van der Waals surface area (Å²) >= 11 is 1.59. The van der Waals surface area contributed by atoms with Gasteiger partial charge in [0.05, 0.1) is 12.0 Å². The molecule has 6 heteroatoms. The van der Waals surface area contributed by atoms with E-state index in [-0.39, 0.29) is 5.56 Å². The Morgan fingerprint density at radius 2 is 2.30 bits per heavy atom. The summed E-state index contributed by atoms with van der Waals surface area (Å²) in [6, 6.07) is 0.639. The number of aromatic nitrogens is 4. The van der Waals surface area contributed by atoms with E-state index in [1.807, 2.05) is 12.5 Å². The first-order chi connectivity index (χ1) is 9.81. The van der Waals surface area contributed by atoms with Gasteiger partial charge in [0.2, 0.25) is 0 Å². The van der Waals surface area contributed by atoms with Crippen LogP contribution in [0.5, 0.6) is 0 Å². The monoisotopic (exact) mass is 288 g/mol. The predicted molar refractivity (Wildman–Crippen MR) is 76.9 cm³/mol. The van der Waals surface area contributed by atoms with E-state index in [1.165, 1.54) is 18.5 Å².